The first kappa shape index (κ1) is 10.6. The second kappa shape index (κ2) is 5.26. The van der Waals surface area contributed by atoms with Gasteiger partial charge in [0.05, 0.1) is 4.88 Å². The topological polar surface area (TPSA) is 17.1 Å². The minimum atomic E-state index is 0.829. The fraction of sp³-hybridized carbons (Fsp3) is 0.462. The van der Waals surface area contributed by atoms with Crippen LogP contribution in [0.15, 0.2) is 17.0 Å². The minimum Gasteiger partial charge on any atom is -0.297 e. The molecule has 0 atom stereocenters. The molecule has 0 unspecified atom stereocenters. The van der Waals surface area contributed by atoms with E-state index >= 15 is 0 Å². The Morgan fingerprint density at radius 2 is 1.87 bits per heavy atom. The van der Waals surface area contributed by atoms with Gasteiger partial charge in [0.15, 0.2) is 6.29 Å². The lowest BCUT2D eigenvalue weighted by atomic mass is 10.1. The van der Waals surface area contributed by atoms with Crippen molar-refractivity contribution in [3.05, 3.63) is 27.5 Å². The lowest BCUT2D eigenvalue weighted by Gasteiger charge is -2.00. The highest BCUT2D eigenvalue weighted by Crippen LogP contribution is 2.25. The molecule has 2 rings (SSSR count). The zero-order valence-electron chi connectivity index (χ0n) is 8.87. The number of carbonyl (C=O) groups is 1. The second-order valence-corrected chi connectivity index (χ2v) is 5.06. The summed E-state index contributed by atoms with van der Waals surface area (Å²) in [5.74, 6) is 0. The van der Waals surface area contributed by atoms with Crippen molar-refractivity contribution in [1.29, 1.82) is 0 Å². The van der Waals surface area contributed by atoms with Crippen LogP contribution in [0.1, 0.15) is 53.8 Å². The average molecular weight is 220 g/mol. The van der Waals surface area contributed by atoms with E-state index in [1.54, 1.807) is 5.57 Å². The highest BCUT2D eigenvalue weighted by atomic mass is 32.1. The van der Waals surface area contributed by atoms with Crippen LogP contribution in [0.4, 0.5) is 0 Å². The Hall–Kier alpha value is -0.890. The van der Waals surface area contributed by atoms with Gasteiger partial charge in [-0.3, -0.25) is 4.79 Å². The van der Waals surface area contributed by atoms with Crippen molar-refractivity contribution < 1.29 is 4.79 Å². The van der Waals surface area contributed by atoms with Crippen molar-refractivity contribution in [1.82, 2.24) is 0 Å². The summed E-state index contributed by atoms with van der Waals surface area (Å²) in [4.78, 5) is 11.4. The molecule has 80 valence electrons. The van der Waals surface area contributed by atoms with Crippen molar-refractivity contribution in [2.24, 2.45) is 0 Å². The van der Waals surface area contributed by atoms with Gasteiger partial charge in [0.25, 0.3) is 0 Å². The van der Waals surface area contributed by atoms with E-state index in [0.717, 1.165) is 11.2 Å². The van der Waals surface area contributed by atoms with Gasteiger partial charge < -0.3 is 0 Å². The summed E-state index contributed by atoms with van der Waals surface area (Å²) in [5, 5.41) is 2.07. The molecule has 0 bridgehead atoms. The number of thiophene rings is 1. The average Bonchev–Trinajstić information content (AvgIpc) is 2.54. The van der Waals surface area contributed by atoms with E-state index in [0.29, 0.717) is 0 Å². The summed E-state index contributed by atoms with van der Waals surface area (Å²) in [6.45, 7) is 0. The quantitative estimate of drug-likeness (QED) is 0.536. The summed E-state index contributed by atoms with van der Waals surface area (Å²) in [6, 6.07) is 1.98. The monoisotopic (exact) mass is 220 g/mol. The van der Waals surface area contributed by atoms with Crippen LogP contribution in [-0.2, 0) is 0 Å². The van der Waals surface area contributed by atoms with Crippen LogP contribution in [-0.4, -0.2) is 6.29 Å². The Balaban J connectivity index is 2.09. The number of hydrogen-bond acceptors (Lipinski definition) is 2. The molecule has 1 aliphatic rings. The molecule has 0 saturated heterocycles. The maximum atomic E-state index is 10.6. The molecule has 0 spiro atoms. The third kappa shape index (κ3) is 3.03. The molecule has 1 nitrogen and oxygen atoms in total. The van der Waals surface area contributed by atoms with Gasteiger partial charge >= 0.3 is 0 Å². The van der Waals surface area contributed by atoms with E-state index < -0.39 is 0 Å². The lowest BCUT2D eigenvalue weighted by molar-refractivity contribution is 0.112. The summed E-state index contributed by atoms with van der Waals surface area (Å²) in [6.07, 6.45) is 11.1. The molecular weight excluding hydrogens is 204 g/mol. The van der Waals surface area contributed by atoms with Crippen molar-refractivity contribution in [3.8, 4) is 0 Å². The maximum absolute atomic E-state index is 10.6. The minimum absolute atomic E-state index is 0.829. The van der Waals surface area contributed by atoms with Gasteiger partial charge in [-0.2, -0.15) is 0 Å². The number of allylic oxidation sites excluding steroid dienone is 1. The van der Waals surface area contributed by atoms with Crippen molar-refractivity contribution in [2.45, 2.75) is 38.5 Å². The van der Waals surface area contributed by atoms with Crippen LogP contribution in [0.3, 0.4) is 0 Å². The summed E-state index contributed by atoms with van der Waals surface area (Å²) in [5.41, 5.74) is 2.77. The third-order valence-corrected chi connectivity index (χ3v) is 3.75. The fourth-order valence-electron chi connectivity index (χ4n) is 2.07. The Bertz CT molecular complexity index is 352. The molecule has 1 fully saturated rings. The van der Waals surface area contributed by atoms with Crippen molar-refractivity contribution in [2.75, 3.05) is 0 Å². The van der Waals surface area contributed by atoms with Gasteiger partial charge in [0.1, 0.15) is 0 Å². The molecule has 0 aromatic carbocycles. The van der Waals surface area contributed by atoms with E-state index in [4.69, 9.17) is 0 Å². The largest absolute Gasteiger partial charge is 0.297 e. The zero-order chi connectivity index (χ0) is 10.5. The van der Waals surface area contributed by atoms with Crippen LogP contribution in [0, 0.1) is 0 Å². The van der Waals surface area contributed by atoms with E-state index in [1.165, 1.54) is 55.4 Å². The molecular formula is C13H16OS. The van der Waals surface area contributed by atoms with Crippen LogP contribution in [0.2, 0.25) is 0 Å². The molecule has 0 N–H and O–H groups in total. The zero-order valence-corrected chi connectivity index (χ0v) is 9.69. The maximum Gasteiger partial charge on any atom is 0.160 e. The van der Waals surface area contributed by atoms with Crippen LogP contribution >= 0.6 is 11.3 Å². The Morgan fingerprint density at radius 1 is 1.13 bits per heavy atom. The first-order valence-corrected chi connectivity index (χ1v) is 6.49. The highest BCUT2D eigenvalue weighted by molar-refractivity contribution is 7.11. The second-order valence-electron chi connectivity index (χ2n) is 4.12. The molecule has 0 radical (unpaired) electrons. The Morgan fingerprint density at radius 3 is 2.47 bits per heavy atom. The molecule has 1 heterocycles. The van der Waals surface area contributed by atoms with Gasteiger partial charge in [-0.05, 0) is 42.7 Å². The molecule has 0 aliphatic heterocycles. The van der Waals surface area contributed by atoms with E-state index in [1.807, 2.05) is 6.07 Å². The Kier molecular flexibility index (Phi) is 3.73. The van der Waals surface area contributed by atoms with E-state index in [2.05, 4.69) is 11.5 Å². The third-order valence-electron chi connectivity index (χ3n) is 2.87. The van der Waals surface area contributed by atoms with Crippen LogP contribution in [0.5, 0.6) is 0 Å². The highest BCUT2D eigenvalue weighted by Gasteiger charge is 2.04. The van der Waals surface area contributed by atoms with Crippen LogP contribution in [0.25, 0.3) is 6.08 Å². The summed E-state index contributed by atoms with van der Waals surface area (Å²) in [7, 11) is 0. The van der Waals surface area contributed by atoms with Gasteiger partial charge in [-0.15, -0.1) is 11.3 Å². The number of hydrogen-bond donors (Lipinski definition) is 0. The first-order chi connectivity index (χ1) is 7.38. The lowest BCUT2D eigenvalue weighted by Crippen LogP contribution is -1.80. The molecule has 1 saturated carbocycles. The van der Waals surface area contributed by atoms with Gasteiger partial charge in [0.2, 0.25) is 0 Å². The molecule has 0 amide bonds. The fourth-order valence-corrected chi connectivity index (χ4v) is 2.74. The molecule has 2 heteroatoms. The smallest absolute Gasteiger partial charge is 0.160 e. The van der Waals surface area contributed by atoms with Crippen LogP contribution < -0.4 is 0 Å². The summed E-state index contributed by atoms with van der Waals surface area (Å²) >= 11 is 1.53. The van der Waals surface area contributed by atoms with Crippen molar-refractivity contribution in [3.63, 3.8) is 0 Å². The standard InChI is InChI=1S/C13H16OS/c14-9-13-8-12(10-15-13)7-11-5-3-1-2-4-6-11/h7-10H,1-6H2. The number of aldehydes is 1. The van der Waals surface area contributed by atoms with E-state index in [9.17, 15) is 4.79 Å². The van der Waals surface area contributed by atoms with Crippen molar-refractivity contribution >= 4 is 23.7 Å². The predicted molar refractivity (Wildman–Crippen MR) is 65.4 cm³/mol. The SMILES string of the molecule is O=Cc1cc(C=C2CCCCCC2)cs1. The number of carbonyl (C=O) groups excluding carboxylic acids is 1. The molecule has 1 aromatic rings. The summed E-state index contributed by atoms with van der Waals surface area (Å²) < 4.78 is 0. The molecule has 1 aliphatic carbocycles. The normalized spacial score (nSPS) is 17.2. The van der Waals surface area contributed by atoms with E-state index in [-0.39, 0.29) is 0 Å². The Labute approximate surface area is 94.8 Å². The van der Waals surface area contributed by atoms with Gasteiger partial charge in [0, 0.05) is 0 Å². The number of rotatable bonds is 2. The molecule has 15 heavy (non-hydrogen) atoms. The van der Waals surface area contributed by atoms with Gasteiger partial charge in [-0.25, -0.2) is 0 Å². The first-order valence-electron chi connectivity index (χ1n) is 5.61. The predicted octanol–water partition coefficient (Wildman–Crippen LogP) is 4.30. The molecule has 1 aromatic heterocycles. The van der Waals surface area contributed by atoms with Gasteiger partial charge in [-0.1, -0.05) is 24.5 Å².